The van der Waals surface area contributed by atoms with Gasteiger partial charge in [-0.1, -0.05) is 0 Å². The van der Waals surface area contributed by atoms with Crippen molar-refractivity contribution in [2.75, 3.05) is 19.8 Å². The van der Waals surface area contributed by atoms with E-state index in [1.165, 1.54) is 0 Å². The molecule has 2 fully saturated rings. The van der Waals surface area contributed by atoms with E-state index in [-0.39, 0.29) is 6.61 Å². The highest BCUT2D eigenvalue weighted by Gasteiger charge is 2.51. The van der Waals surface area contributed by atoms with E-state index in [4.69, 9.17) is 18.9 Å². The third kappa shape index (κ3) is 4.35. The van der Waals surface area contributed by atoms with E-state index in [9.17, 15) is 9.59 Å². The molecule has 0 bridgehead atoms. The fourth-order valence-corrected chi connectivity index (χ4v) is 2.99. The smallest absolute Gasteiger partial charge is 0.408 e. The third-order valence-corrected chi connectivity index (χ3v) is 4.09. The first kappa shape index (κ1) is 18.0. The van der Waals surface area contributed by atoms with Crippen molar-refractivity contribution in [2.24, 2.45) is 0 Å². The largest absolute Gasteiger partial charge is 0.464 e. The Morgan fingerprint density at radius 2 is 1.65 bits per heavy atom. The lowest BCUT2D eigenvalue weighted by molar-refractivity contribution is -0.192. The number of esters is 1. The van der Waals surface area contributed by atoms with Crippen molar-refractivity contribution in [1.82, 2.24) is 5.32 Å². The molecule has 0 unspecified atom stereocenters. The van der Waals surface area contributed by atoms with E-state index in [1.54, 1.807) is 27.7 Å². The minimum Gasteiger partial charge on any atom is -0.464 e. The highest BCUT2D eigenvalue weighted by atomic mass is 16.7. The van der Waals surface area contributed by atoms with Gasteiger partial charge in [-0.05, 0) is 40.5 Å². The molecule has 1 aliphatic heterocycles. The van der Waals surface area contributed by atoms with Gasteiger partial charge < -0.3 is 24.3 Å². The fourth-order valence-electron chi connectivity index (χ4n) is 2.99. The van der Waals surface area contributed by atoms with Crippen molar-refractivity contribution < 1.29 is 28.5 Å². The number of hydrogen-bond acceptors (Lipinski definition) is 6. The first-order valence-electron chi connectivity index (χ1n) is 8.17. The van der Waals surface area contributed by atoms with Gasteiger partial charge in [-0.3, -0.25) is 0 Å². The van der Waals surface area contributed by atoms with E-state index in [0.29, 0.717) is 38.9 Å². The van der Waals surface area contributed by atoms with Crippen LogP contribution in [0.1, 0.15) is 53.4 Å². The van der Waals surface area contributed by atoms with Gasteiger partial charge in [0.05, 0.1) is 19.8 Å². The van der Waals surface area contributed by atoms with Crippen molar-refractivity contribution in [3.63, 3.8) is 0 Å². The van der Waals surface area contributed by atoms with Crippen molar-refractivity contribution in [3.8, 4) is 0 Å². The molecular formula is C16H27NO6. The predicted octanol–water partition coefficient (Wildman–Crippen LogP) is 2.13. The Balaban J connectivity index is 2.08. The molecule has 2 rings (SSSR count). The molecular weight excluding hydrogens is 302 g/mol. The van der Waals surface area contributed by atoms with E-state index in [0.717, 1.165) is 0 Å². The number of ether oxygens (including phenoxy) is 4. The molecule has 0 aromatic rings. The number of alkyl carbamates (subject to hydrolysis) is 1. The molecule has 0 aromatic heterocycles. The topological polar surface area (TPSA) is 83.1 Å². The van der Waals surface area contributed by atoms with Crippen LogP contribution in [0.5, 0.6) is 0 Å². The van der Waals surface area contributed by atoms with Crippen molar-refractivity contribution in [2.45, 2.75) is 70.3 Å². The molecule has 1 N–H and O–H groups in total. The number of carbonyl (C=O) groups excluding carboxylic acids is 2. The number of rotatable bonds is 3. The van der Waals surface area contributed by atoms with E-state index >= 15 is 0 Å². The number of hydrogen-bond donors (Lipinski definition) is 1. The molecule has 1 aliphatic carbocycles. The van der Waals surface area contributed by atoms with Crippen LogP contribution in [0.15, 0.2) is 0 Å². The molecule has 0 atom stereocenters. The molecule has 1 heterocycles. The molecule has 1 spiro atoms. The summed E-state index contributed by atoms with van der Waals surface area (Å²) >= 11 is 0. The molecule has 132 valence electrons. The zero-order chi connectivity index (χ0) is 17.1. The Morgan fingerprint density at radius 1 is 1.09 bits per heavy atom. The predicted molar refractivity (Wildman–Crippen MR) is 81.8 cm³/mol. The van der Waals surface area contributed by atoms with Gasteiger partial charge in [0.2, 0.25) is 0 Å². The van der Waals surface area contributed by atoms with Gasteiger partial charge in [0, 0.05) is 12.8 Å². The normalized spacial score (nSPS) is 22.6. The summed E-state index contributed by atoms with van der Waals surface area (Å²) in [5, 5.41) is 2.73. The highest BCUT2D eigenvalue weighted by Crippen LogP contribution is 2.41. The molecule has 1 saturated carbocycles. The first-order valence-corrected chi connectivity index (χ1v) is 8.17. The van der Waals surface area contributed by atoms with Crippen LogP contribution in [0.2, 0.25) is 0 Å². The summed E-state index contributed by atoms with van der Waals surface area (Å²) in [7, 11) is 0. The Labute approximate surface area is 137 Å². The van der Waals surface area contributed by atoms with Gasteiger partial charge in [0.1, 0.15) is 11.1 Å². The summed E-state index contributed by atoms with van der Waals surface area (Å²) in [6.45, 7) is 8.46. The summed E-state index contributed by atoms with van der Waals surface area (Å²) in [5.41, 5.74) is -1.72. The molecule has 0 radical (unpaired) electrons. The monoisotopic (exact) mass is 329 g/mol. The van der Waals surface area contributed by atoms with Crippen LogP contribution >= 0.6 is 0 Å². The maximum atomic E-state index is 12.5. The average molecular weight is 329 g/mol. The van der Waals surface area contributed by atoms with Gasteiger partial charge in [0.15, 0.2) is 5.79 Å². The van der Waals surface area contributed by atoms with Crippen LogP contribution in [0.3, 0.4) is 0 Å². The Morgan fingerprint density at radius 3 is 2.13 bits per heavy atom. The van der Waals surface area contributed by atoms with Crippen LogP contribution in [-0.2, 0) is 23.7 Å². The van der Waals surface area contributed by atoms with Gasteiger partial charge in [0.25, 0.3) is 0 Å². The SMILES string of the molecule is CCOC(=O)C1(NC(=O)OC(C)(C)C)CCC2(CC1)OCCO2. The number of carbonyl (C=O) groups is 2. The summed E-state index contributed by atoms with van der Waals surface area (Å²) < 4.78 is 21.8. The Hall–Kier alpha value is -1.34. The second-order valence-corrected chi connectivity index (χ2v) is 7.04. The molecule has 2 aliphatic rings. The second-order valence-electron chi connectivity index (χ2n) is 7.04. The molecule has 0 aromatic carbocycles. The van der Waals surface area contributed by atoms with Crippen LogP contribution in [-0.4, -0.2) is 48.8 Å². The average Bonchev–Trinajstić information content (AvgIpc) is 2.89. The van der Waals surface area contributed by atoms with E-state index in [2.05, 4.69) is 5.32 Å². The van der Waals surface area contributed by atoms with Crippen molar-refractivity contribution >= 4 is 12.1 Å². The summed E-state index contributed by atoms with van der Waals surface area (Å²) in [4.78, 5) is 24.6. The second kappa shape index (κ2) is 6.65. The van der Waals surface area contributed by atoms with Crippen LogP contribution < -0.4 is 5.32 Å². The Bertz CT molecular complexity index is 440. The first-order chi connectivity index (χ1) is 10.7. The van der Waals surface area contributed by atoms with E-state index in [1.807, 2.05) is 0 Å². The molecule has 7 nitrogen and oxygen atoms in total. The standard InChI is InChI=1S/C16H27NO6/c1-5-20-12(18)15(17-13(19)23-14(2,3)4)6-8-16(9-7-15)21-10-11-22-16/h5-11H2,1-4H3,(H,17,19). The van der Waals surface area contributed by atoms with Crippen LogP contribution in [0.25, 0.3) is 0 Å². The quantitative estimate of drug-likeness (QED) is 0.799. The van der Waals surface area contributed by atoms with Gasteiger partial charge >= 0.3 is 12.1 Å². The minimum atomic E-state index is -1.08. The number of nitrogens with one attached hydrogen (secondary N) is 1. The lowest BCUT2D eigenvalue weighted by Crippen LogP contribution is -2.60. The molecule has 1 saturated heterocycles. The van der Waals surface area contributed by atoms with Crippen molar-refractivity contribution in [1.29, 1.82) is 0 Å². The molecule has 23 heavy (non-hydrogen) atoms. The summed E-state index contributed by atoms with van der Waals surface area (Å²) in [6.07, 6.45) is 1.23. The van der Waals surface area contributed by atoms with Gasteiger partial charge in [-0.2, -0.15) is 0 Å². The third-order valence-electron chi connectivity index (χ3n) is 4.09. The minimum absolute atomic E-state index is 0.259. The van der Waals surface area contributed by atoms with Crippen LogP contribution in [0, 0.1) is 0 Å². The lowest BCUT2D eigenvalue weighted by atomic mass is 9.78. The fraction of sp³-hybridized carbons (Fsp3) is 0.875. The maximum Gasteiger partial charge on any atom is 0.408 e. The molecule has 7 heteroatoms. The van der Waals surface area contributed by atoms with Crippen molar-refractivity contribution in [3.05, 3.63) is 0 Å². The highest BCUT2D eigenvalue weighted by molar-refractivity contribution is 5.86. The summed E-state index contributed by atoms with van der Waals surface area (Å²) in [6, 6.07) is 0. The molecule has 1 amide bonds. The maximum absolute atomic E-state index is 12.5. The van der Waals surface area contributed by atoms with Crippen LogP contribution in [0.4, 0.5) is 4.79 Å². The number of amides is 1. The van der Waals surface area contributed by atoms with E-state index < -0.39 is 29.0 Å². The van der Waals surface area contributed by atoms with Gasteiger partial charge in [-0.15, -0.1) is 0 Å². The van der Waals surface area contributed by atoms with Gasteiger partial charge in [-0.25, -0.2) is 9.59 Å². The summed E-state index contributed by atoms with van der Waals surface area (Å²) in [5.74, 6) is -1.05. The lowest BCUT2D eigenvalue weighted by Gasteiger charge is -2.42. The zero-order valence-corrected chi connectivity index (χ0v) is 14.4. The zero-order valence-electron chi connectivity index (χ0n) is 14.4. The Kier molecular flexibility index (Phi) is 5.20.